The summed E-state index contributed by atoms with van der Waals surface area (Å²) in [4.78, 5) is 36.3. The largest absolute Gasteiger partial charge is 0.481 e. The van der Waals surface area contributed by atoms with E-state index in [1.807, 2.05) is 62.4 Å². The molecule has 0 saturated carbocycles. The smallest absolute Gasteiger partial charge is 0.407 e. The van der Waals surface area contributed by atoms with Gasteiger partial charge in [0.05, 0.1) is 18.6 Å². The average molecular weight is 440 g/mol. The van der Waals surface area contributed by atoms with Gasteiger partial charge in [-0.05, 0) is 34.6 Å². The van der Waals surface area contributed by atoms with Crippen LogP contribution in [0.2, 0.25) is 0 Å². The highest BCUT2D eigenvalue weighted by atomic mass is 16.5. The summed E-state index contributed by atoms with van der Waals surface area (Å²) in [6.45, 7) is 3.29. The molecular formula is C25H29NO6. The number of ether oxygens (including phenoxy) is 1. The fourth-order valence-electron chi connectivity index (χ4n) is 4.14. The SMILES string of the molecule is CC(C)C[C@H](NC(=O)OCC1c2ccccc2-c2ccccc21)C(=O)C[C@@H](CO)C(=O)O. The van der Waals surface area contributed by atoms with Gasteiger partial charge in [-0.15, -0.1) is 0 Å². The maximum absolute atomic E-state index is 12.6. The fourth-order valence-corrected chi connectivity index (χ4v) is 4.14. The van der Waals surface area contributed by atoms with E-state index in [4.69, 9.17) is 9.84 Å². The highest BCUT2D eigenvalue weighted by Crippen LogP contribution is 2.44. The minimum Gasteiger partial charge on any atom is -0.481 e. The standard InChI is InChI=1S/C25H29NO6/c1-15(2)11-22(23(28)12-16(13-27)24(29)30)26-25(31)32-14-21-19-9-5-3-7-17(19)18-8-4-6-10-20(18)21/h3-10,15-16,21-22,27H,11-14H2,1-2H3,(H,26,31)(H,29,30)/t16-,22-/m0/s1. The van der Waals surface area contributed by atoms with E-state index in [1.165, 1.54) is 0 Å². The Labute approximate surface area is 187 Å². The molecule has 7 heteroatoms. The number of Topliss-reactive ketones (excluding diaryl/α,β-unsaturated/α-hetero) is 1. The molecule has 0 aliphatic heterocycles. The number of ketones is 1. The molecule has 2 atom stereocenters. The van der Waals surface area contributed by atoms with Gasteiger partial charge in [0.25, 0.3) is 0 Å². The predicted molar refractivity (Wildman–Crippen MR) is 119 cm³/mol. The zero-order valence-corrected chi connectivity index (χ0v) is 18.3. The molecule has 2 aromatic rings. The lowest BCUT2D eigenvalue weighted by molar-refractivity contribution is -0.145. The molecule has 2 aromatic carbocycles. The van der Waals surface area contributed by atoms with Crippen molar-refractivity contribution in [3.8, 4) is 11.1 Å². The maximum Gasteiger partial charge on any atom is 0.407 e. The number of hydrogen-bond acceptors (Lipinski definition) is 5. The number of aliphatic hydroxyl groups excluding tert-OH is 1. The first-order chi connectivity index (χ1) is 15.3. The van der Waals surface area contributed by atoms with E-state index < -0.39 is 36.4 Å². The zero-order valence-electron chi connectivity index (χ0n) is 18.3. The number of amides is 1. The molecule has 0 saturated heterocycles. The molecule has 0 spiro atoms. The van der Waals surface area contributed by atoms with Gasteiger partial charge in [0.2, 0.25) is 0 Å². The molecule has 0 bridgehead atoms. The second kappa shape index (κ2) is 10.4. The third-order valence-corrected chi connectivity index (χ3v) is 5.75. The fraction of sp³-hybridized carbons (Fsp3) is 0.400. The molecule has 170 valence electrons. The molecule has 7 nitrogen and oxygen atoms in total. The first-order valence-electron chi connectivity index (χ1n) is 10.8. The molecule has 0 fully saturated rings. The van der Waals surface area contributed by atoms with Crippen molar-refractivity contribution in [2.24, 2.45) is 11.8 Å². The lowest BCUT2D eigenvalue weighted by Gasteiger charge is -2.21. The summed E-state index contributed by atoms with van der Waals surface area (Å²) in [6, 6.07) is 15.1. The number of aliphatic hydroxyl groups is 1. The van der Waals surface area contributed by atoms with Crippen molar-refractivity contribution in [2.45, 2.75) is 38.6 Å². The summed E-state index contributed by atoms with van der Waals surface area (Å²) in [6.07, 6.45) is -0.727. The Balaban J connectivity index is 1.67. The van der Waals surface area contributed by atoms with E-state index in [0.717, 1.165) is 22.3 Å². The highest BCUT2D eigenvalue weighted by Gasteiger charge is 2.31. The van der Waals surface area contributed by atoms with Gasteiger partial charge in [0.15, 0.2) is 5.78 Å². The number of fused-ring (bicyclic) bond motifs is 3. The summed E-state index contributed by atoms with van der Waals surface area (Å²) in [5.41, 5.74) is 4.41. The van der Waals surface area contributed by atoms with Crippen molar-refractivity contribution in [1.82, 2.24) is 5.32 Å². The van der Waals surface area contributed by atoms with Crippen molar-refractivity contribution in [2.75, 3.05) is 13.2 Å². The van der Waals surface area contributed by atoms with Crippen molar-refractivity contribution < 1.29 is 29.3 Å². The van der Waals surface area contributed by atoms with Crippen LogP contribution in [0.25, 0.3) is 11.1 Å². The number of carbonyl (C=O) groups is 3. The van der Waals surface area contributed by atoms with E-state index in [0.29, 0.717) is 6.42 Å². The minimum absolute atomic E-state index is 0.0928. The number of rotatable bonds is 10. The van der Waals surface area contributed by atoms with Crippen LogP contribution >= 0.6 is 0 Å². The summed E-state index contributed by atoms with van der Waals surface area (Å²) >= 11 is 0. The van der Waals surface area contributed by atoms with Crippen LogP contribution in [0.15, 0.2) is 48.5 Å². The van der Waals surface area contributed by atoms with Crippen molar-refractivity contribution in [1.29, 1.82) is 0 Å². The second-order valence-corrected chi connectivity index (χ2v) is 8.54. The zero-order chi connectivity index (χ0) is 23.3. The van der Waals surface area contributed by atoms with Crippen molar-refractivity contribution in [3.05, 3.63) is 59.7 Å². The summed E-state index contributed by atoms with van der Waals surface area (Å²) in [5.74, 6) is -2.88. The van der Waals surface area contributed by atoms with E-state index >= 15 is 0 Å². The molecule has 0 unspecified atom stereocenters. The van der Waals surface area contributed by atoms with Crippen LogP contribution in [0.4, 0.5) is 4.79 Å². The molecule has 1 aliphatic rings. The van der Waals surface area contributed by atoms with Gasteiger partial charge in [-0.2, -0.15) is 0 Å². The Kier molecular flexibility index (Phi) is 7.64. The summed E-state index contributed by atoms with van der Waals surface area (Å²) in [5, 5.41) is 20.9. The Bertz CT molecular complexity index is 940. The molecule has 0 radical (unpaired) electrons. The monoisotopic (exact) mass is 439 g/mol. The quantitative estimate of drug-likeness (QED) is 0.521. The number of hydrogen-bond donors (Lipinski definition) is 3. The van der Waals surface area contributed by atoms with Crippen LogP contribution < -0.4 is 5.32 Å². The van der Waals surface area contributed by atoms with Crippen LogP contribution in [0.1, 0.15) is 43.7 Å². The van der Waals surface area contributed by atoms with Gasteiger partial charge >= 0.3 is 12.1 Å². The summed E-state index contributed by atoms with van der Waals surface area (Å²) in [7, 11) is 0. The first-order valence-corrected chi connectivity index (χ1v) is 10.8. The Hall–Kier alpha value is -3.19. The van der Waals surface area contributed by atoms with E-state index in [1.54, 1.807) is 0 Å². The molecule has 0 heterocycles. The number of nitrogens with one attached hydrogen (secondary N) is 1. The predicted octanol–water partition coefficient (Wildman–Crippen LogP) is 3.59. The van der Waals surface area contributed by atoms with Gasteiger partial charge in [-0.25, -0.2) is 4.79 Å². The van der Waals surface area contributed by atoms with Gasteiger partial charge in [0.1, 0.15) is 6.61 Å². The number of carboxylic acids is 1. The molecule has 1 amide bonds. The topological polar surface area (TPSA) is 113 Å². The lowest BCUT2D eigenvalue weighted by atomic mass is 9.94. The van der Waals surface area contributed by atoms with Crippen LogP contribution in [0.3, 0.4) is 0 Å². The molecule has 3 N–H and O–H groups in total. The van der Waals surface area contributed by atoms with E-state index in [-0.39, 0.29) is 24.9 Å². The Morgan fingerprint density at radius 2 is 1.56 bits per heavy atom. The highest BCUT2D eigenvalue weighted by molar-refractivity contribution is 5.90. The number of carboxylic acid groups (broad SMARTS) is 1. The third-order valence-electron chi connectivity index (χ3n) is 5.75. The summed E-state index contributed by atoms with van der Waals surface area (Å²) < 4.78 is 5.51. The normalized spacial score (nSPS) is 14.4. The van der Waals surface area contributed by atoms with Crippen LogP contribution in [-0.2, 0) is 14.3 Å². The molecule has 0 aromatic heterocycles. The minimum atomic E-state index is -1.25. The van der Waals surface area contributed by atoms with Gasteiger partial charge in [0, 0.05) is 12.3 Å². The third kappa shape index (κ3) is 5.34. The van der Waals surface area contributed by atoms with Gasteiger partial charge in [-0.1, -0.05) is 62.4 Å². The van der Waals surface area contributed by atoms with Crippen LogP contribution in [-0.4, -0.2) is 47.3 Å². The first kappa shape index (κ1) is 23.5. The number of benzene rings is 2. The van der Waals surface area contributed by atoms with Crippen molar-refractivity contribution >= 4 is 17.8 Å². The molecule has 1 aliphatic carbocycles. The number of alkyl carbamates (subject to hydrolysis) is 1. The molecule has 32 heavy (non-hydrogen) atoms. The number of aliphatic carboxylic acids is 1. The number of carbonyl (C=O) groups excluding carboxylic acids is 2. The van der Waals surface area contributed by atoms with Gasteiger partial charge < -0.3 is 20.3 Å². The lowest BCUT2D eigenvalue weighted by Crippen LogP contribution is -2.43. The average Bonchev–Trinajstić information content (AvgIpc) is 3.08. The van der Waals surface area contributed by atoms with E-state index in [9.17, 15) is 19.5 Å². The van der Waals surface area contributed by atoms with Crippen LogP contribution in [0.5, 0.6) is 0 Å². The molecule has 3 rings (SSSR count). The Morgan fingerprint density at radius 3 is 2.06 bits per heavy atom. The van der Waals surface area contributed by atoms with Gasteiger partial charge in [-0.3, -0.25) is 9.59 Å². The maximum atomic E-state index is 12.6. The molecular weight excluding hydrogens is 410 g/mol. The second-order valence-electron chi connectivity index (χ2n) is 8.54. The van der Waals surface area contributed by atoms with E-state index in [2.05, 4.69) is 5.32 Å². The van der Waals surface area contributed by atoms with Crippen LogP contribution in [0, 0.1) is 11.8 Å². The van der Waals surface area contributed by atoms with Crippen molar-refractivity contribution in [3.63, 3.8) is 0 Å². The Morgan fingerprint density at radius 1 is 1.00 bits per heavy atom.